The van der Waals surface area contributed by atoms with Gasteiger partial charge in [-0.25, -0.2) is 4.98 Å². The lowest BCUT2D eigenvalue weighted by Crippen LogP contribution is -1.97. The van der Waals surface area contributed by atoms with Crippen LogP contribution in [-0.4, -0.2) is 24.0 Å². The number of carbonyl (C=O) groups excluding carboxylic acids is 1. The van der Waals surface area contributed by atoms with Crippen molar-refractivity contribution in [2.45, 2.75) is 23.3 Å². The fourth-order valence-corrected chi connectivity index (χ4v) is 2.86. The number of carbonyl (C=O) groups is 1. The lowest BCUT2D eigenvalue weighted by atomic mass is 10.2. The molecule has 0 atom stereocenters. The van der Waals surface area contributed by atoms with Crippen molar-refractivity contribution in [2.75, 3.05) is 13.2 Å². The first-order valence-electron chi connectivity index (χ1n) is 6.77. The summed E-state index contributed by atoms with van der Waals surface area (Å²) in [4.78, 5) is 16.7. The van der Waals surface area contributed by atoms with Crippen LogP contribution in [0.2, 0.25) is 0 Å². The summed E-state index contributed by atoms with van der Waals surface area (Å²) in [6, 6.07) is 9.36. The molecule has 2 aromatic rings. The summed E-state index contributed by atoms with van der Waals surface area (Å²) < 4.78 is 11.3. The maximum Gasteiger partial charge on any atom is 0.162 e. The molecule has 5 heteroatoms. The van der Waals surface area contributed by atoms with Crippen molar-refractivity contribution in [1.82, 2.24) is 4.98 Å². The molecule has 3 rings (SSSR count). The number of aromatic nitrogens is 1. The van der Waals surface area contributed by atoms with E-state index in [0.717, 1.165) is 27.8 Å². The van der Waals surface area contributed by atoms with E-state index in [1.54, 1.807) is 25.3 Å². The first-order valence-corrected chi connectivity index (χ1v) is 7.58. The Balaban J connectivity index is 1.83. The highest BCUT2D eigenvalue weighted by Gasteiger charge is 2.12. The number of pyridine rings is 1. The summed E-state index contributed by atoms with van der Waals surface area (Å²) in [5.41, 5.74) is 0.668. The van der Waals surface area contributed by atoms with Crippen LogP contribution in [-0.2, 0) is 0 Å². The number of hydrogen-bond acceptors (Lipinski definition) is 5. The zero-order chi connectivity index (χ0) is 14.7. The molecular weight excluding hydrogens is 286 g/mol. The third-order valence-electron chi connectivity index (χ3n) is 3.08. The molecule has 1 aliphatic rings. The van der Waals surface area contributed by atoms with Crippen LogP contribution in [0.3, 0.4) is 0 Å². The lowest BCUT2D eigenvalue weighted by molar-refractivity contribution is 0.101. The topological polar surface area (TPSA) is 48.4 Å². The molecular formula is C16H15NO3S. The second-order valence-corrected chi connectivity index (χ2v) is 5.79. The molecule has 1 aliphatic heterocycles. The van der Waals surface area contributed by atoms with Gasteiger partial charge in [0.25, 0.3) is 0 Å². The normalized spacial score (nSPS) is 13.6. The number of benzene rings is 1. The van der Waals surface area contributed by atoms with Crippen LogP contribution in [0.4, 0.5) is 0 Å². The van der Waals surface area contributed by atoms with Crippen LogP contribution in [0.5, 0.6) is 11.5 Å². The van der Waals surface area contributed by atoms with Crippen LogP contribution in [0.15, 0.2) is 46.5 Å². The average molecular weight is 301 g/mol. The van der Waals surface area contributed by atoms with Crippen molar-refractivity contribution < 1.29 is 14.3 Å². The van der Waals surface area contributed by atoms with Gasteiger partial charge in [0.1, 0.15) is 5.03 Å². The number of fused-ring (bicyclic) bond motifs is 1. The monoisotopic (exact) mass is 301 g/mol. The Labute approximate surface area is 127 Å². The van der Waals surface area contributed by atoms with Gasteiger partial charge in [0.15, 0.2) is 17.3 Å². The highest BCUT2D eigenvalue weighted by Crippen LogP contribution is 2.36. The van der Waals surface area contributed by atoms with E-state index in [-0.39, 0.29) is 5.78 Å². The van der Waals surface area contributed by atoms with Crippen LogP contribution in [0, 0.1) is 0 Å². The molecule has 4 nitrogen and oxygen atoms in total. The fraction of sp³-hybridized carbons (Fsp3) is 0.250. The quantitative estimate of drug-likeness (QED) is 0.811. The SMILES string of the molecule is CC(=O)c1ccnc(Sc2ccc3c(c2)OCCCO3)c1. The van der Waals surface area contributed by atoms with Gasteiger partial charge in [0.05, 0.1) is 13.2 Å². The van der Waals surface area contributed by atoms with Gasteiger partial charge in [-0.1, -0.05) is 11.8 Å². The Kier molecular flexibility index (Phi) is 4.10. The molecule has 108 valence electrons. The Morgan fingerprint density at radius 2 is 1.95 bits per heavy atom. The van der Waals surface area contributed by atoms with Gasteiger partial charge in [0, 0.05) is 23.1 Å². The van der Waals surface area contributed by atoms with Gasteiger partial charge in [-0.3, -0.25) is 4.79 Å². The van der Waals surface area contributed by atoms with Crippen molar-refractivity contribution in [3.63, 3.8) is 0 Å². The average Bonchev–Trinajstić information content (AvgIpc) is 2.72. The van der Waals surface area contributed by atoms with E-state index in [0.29, 0.717) is 18.8 Å². The van der Waals surface area contributed by atoms with Gasteiger partial charge < -0.3 is 9.47 Å². The second-order valence-electron chi connectivity index (χ2n) is 4.70. The minimum Gasteiger partial charge on any atom is -0.490 e. The molecule has 0 saturated heterocycles. The molecule has 0 N–H and O–H groups in total. The maximum absolute atomic E-state index is 11.4. The zero-order valence-electron chi connectivity index (χ0n) is 11.7. The van der Waals surface area contributed by atoms with Crippen LogP contribution >= 0.6 is 11.8 Å². The predicted octanol–water partition coefficient (Wildman–Crippen LogP) is 3.60. The molecule has 0 saturated carbocycles. The van der Waals surface area contributed by atoms with Crippen LogP contribution in [0.1, 0.15) is 23.7 Å². The van der Waals surface area contributed by atoms with Crippen molar-refractivity contribution in [3.05, 3.63) is 42.1 Å². The number of rotatable bonds is 3. The van der Waals surface area contributed by atoms with Gasteiger partial charge >= 0.3 is 0 Å². The zero-order valence-corrected chi connectivity index (χ0v) is 12.5. The van der Waals surface area contributed by atoms with Crippen molar-refractivity contribution >= 4 is 17.5 Å². The van der Waals surface area contributed by atoms with Gasteiger partial charge in [-0.2, -0.15) is 0 Å². The first-order chi connectivity index (χ1) is 10.2. The summed E-state index contributed by atoms with van der Waals surface area (Å²) in [6.07, 6.45) is 2.54. The van der Waals surface area contributed by atoms with Crippen molar-refractivity contribution in [1.29, 1.82) is 0 Å². The van der Waals surface area contributed by atoms with E-state index in [2.05, 4.69) is 4.98 Å². The van der Waals surface area contributed by atoms with Gasteiger partial charge in [-0.15, -0.1) is 0 Å². The molecule has 1 aromatic heterocycles. The minimum absolute atomic E-state index is 0.0397. The molecule has 2 heterocycles. The van der Waals surface area contributed by atoms with E-state index in [9.17, 15) is 4.79 Å². The van der Waals surface area contributed by atoms with Gasteiger partial charge in [0.2, 0.25) is 0 Å². The first kappa shape index (κ1) is 13.9. The largest absolute Gasteiger partial charge is 0.490 e. The minimum atomic E-state index is 0.0397. The maximum atomic E-state index is 11.4. The van der Waals surface area contributed by atoms with Crippen LogP contribution in [0.25, 0.3) is 0 Å². The summed E-state index contributed by atoms with van der Waals surface area (Å²) in [7, 11) is 0. The molecule has 0 bridgehead atoms. The Bertz CT molecular complexity index is 672. The molecule has 0 amide bonds. The number of nitrogens with zero attached hydrogens (tertiary/aromatic N) is 1. The summed E-state index contributed by atoms with van der Waals surface area (Å²) >= 11 is 1.50. The molecule has 21 heavy (non-hydrogen) atoms. The molecule has 0 fully saturated rings. The second kappa shape index (κ2) is 6.18. The summed E-state index contributed by atoms with van der Waals surface area (Å²) in [5, 5.41) is 0.789. The van der Waals surface area contributed by atoms with Crippen LogP contribution < -0.4 is 9.47 Å². The highest BCUT2D eigenvalue weighted by atomic mass is 32.2. The Morgan fingerprint density at radius 3 is 2.76 bits per heavy atom. The smallest absolute Gasteiger partial charge is 0.162 e. The van der Waals surface area contributed by atoms with Gasteiger partial charge in [-0.05, 0) is 37.3 Å². The van der Waals surface area contributed by atoms with E-state index < -0.39 is 0 Å². The lowest BCUT2D eigenvalue weighted by Gasteiger charge is -2.09. The fourth-order valence-electron chi connectivity index (χ4n) is 2.01. The predicted molar refractivity (Wildman–Crippen MR) is 80.4 cm³/mol. The molecule has 0 radical (unpaired) electrons. The Hall–Kier alpha value is -2.01. The molecule has 0 spiro atoms. The van der Waals surface area contributed by atoms with E-state index >= 15 is 0 Å². The summed E-state index contributed by atoms with van der Waals surface area (Å²) in [6.45, 7) is 2.90. The third-order valence-corrected chi connectivity index (χ3v) is 4.00. The standard InChI is InChI=1S/C16H15NO3S/c1-11(18)12-5-6-17-16(9-12)21-13-3-4-14-15(10-13)20-8-2-7-19-14/h3-6,9-10H,2,7-8H2,1H3. The molecule has 0 unspecified atom stereocenters. The number of ketones is 1. The van der Waals surface area contributed by atoms with E-state index in [4.69, 9.17) is 9.47 Å². The molecule has 1 aromatic carbocycles. The van der Waals surface area contributed by atoms with Crippen molar-refractivity contribution in [2.24, 2.45) is 0 Å². The van der Waals surface area contributed by atoms with E-state index in [1.165, 1.54) is 11.8 Å². The van der Waals surface area contributed by atoms with E-state index in [1.807, 2.05) is 18.2 Å². The highest BCUT2D eigenvalue weighted by molar-refractivity contribution is 7.99. The number of hydrogen-bond donors (Lipinski definition) is 0. The summed E-state index contributed by atoms with van der Waals surface area (Å²) in [5.74, 6) is 1.58. The van der Waals surface area contributed by atoms with Crippen molar-refractivity contribution in [3.8, 4) is 11.5 Å². The number of ether oxygens (including phenoxy) is 2. The number of Topliss-reactive ketones (excluding diaryl/α,β-unsaturated/α-hetero) is 1. The molecule has 0 aliphatic carbocycles. The third kappa shape index (κ3) is 3.36. The Morgan fingerprint density at radius 1 is 1.14 bits per heavy atom.